The summed E-state index contributed by atoms with van der Waals surface area (Å²) in [7, 11) is 0. The van der Waals surface area contributed by atoms with Crippen LogP contribution >= 0.6 is 0 Å². The fourth-order valence-corrected chi connectivity index (χ4v) is 2.97. The molecular formula is C22H21N7O. The SMILES string of the molecule is CCc1ccccc1NC(=O)Nc1ccc(Nc2cc(-n3ccnc3)ncn2)cc1. The molecule has 0 unspecified atom stereocenters. The van der Waals surface area contributed by atoms with Gasteiger partial charge in [0.25, 0.3) is 0 Å². The number of anilines is 4. The summed E-state index contributed by atoms with van der Waals surface area (Å²) >= 11 is 0. The Morgan fingerprint density at radius 3 is 2.57 bits per heavy atom. The van der Waals surface area contributed by atoms with Crippen molar-refractivity contribution in [1.82, 2.24) is 19.5 Å². The number of carbonyl (C=O) groups is 1. The molecule has 8 heteroatoms. The molecule has 0 atom stereocenters. The summed E-state index contributed by atoms with van der Waals surface area (Å²) in [6, 6.07) is 16.7. The highest BCUT2D eigenvalue weighted by atomic mass is 16.2. The molecule has 0 aliphatic rings. The normalized spacial score (nSPS) is 10.4. The van der Waals surface area contributed by atoms with E-state index < -0.39 is 0 Å². The van der Waals surface area contributed by atoms with Gasteiger partial charge in [-0.15, -0.1) is 0 Å². The predicted molar refractivity (Wildman–Crippen MR) is 117 cm³/mol. The standard InChI is InChI=1S/C22H21N7O/c1-2-16-5-3-4-6-19(16)28-22(30)27-18-9-7-17(8-10-18)26-20-13-21(25-14-24-20)29-12-11-23-15-29/h3-15H,2H2,1H3,(H,24,25,26)(H2,27,28,30). The van der Waals surface area contributed by atoms with E-state index in [1.165, 1.54) is 6.33 Å². The van der Waals surface area contributed by atoms with Crippen molar-refractivity contribution in [3.63, 3.8) is 0 Å². The van der Waals surface area contributed by atoms with Gasteiger partial charge in [0, 0.05) is 35.5 Å². The zero-order valence-electron chi connectivity index (χ0n) is 16.4. The van der Waals surface area contributed by atoms with Crippen molar-refractivity contribution >= 4 is 28.9 Å². The van der Waals surface area contributed by atoms with Gasteiger partial charge in [-0.1, -0.05) is 25.1 Å². The van der Waals surface area contributed by atoms with Gasteiger partial charge in [-0.25, -0.2) is 19.7 Å². The van der Waals surface area contributed by atoms with Crippen molar-refractivity contribution < 1.29 is 4.79 Å². The van der Waals surface area contributed by atoms with Gasteiger partial charge < -0.3 is 16.0 Å². The molecule has 8 nitrogen and oxygen atoms in total. The van der Waals surface area contributed by atoms with E-state index in [-0.39, 0.29) is 6.03 Å². The predicted octanol–water partition coefficient (Wildman–Crippen LogP) is 4.61. The number of urea groups is 1. The van der Waals surface area contributed by atoms with Crippen LogP contribution in [0.5, 0.6) is 0 Å². The third-order valence-electron chi connectivity index (χ3n) is 4.48. The first kappa shape index (κ1) is 19.1. The molecule has 0 bridgehead atoms. The minimum atomic E-state index is -0.280. The van der Waals surface area contributed by atoms with Crippen molar-refractivity contribution in [1.29, 1.82) is 0 Å². The number of nitrogens with zero attached hydrogens (tertiary/aromatic N) is 4. The second kappa shape index (κ2) is 8.87. The Morgan fingerprint density at radius 2 is 1.80 bits per heavy atom. The lowest BCUT2D eigenvalue weighted by atomic mass is 10.1. The van der Waals surface area contributed by atoms with Crippen LogP contribution in [0, 0.1) is 0 Å². The summed E-state index contributed by atoms with van der Waals surface area (Å²) in [4.78, 5) is 24.8. The maximum atomic E-state index is 12.3. The van der Waals surface area contributed by atoms with Gasteiger partial charge in [-0.05, 0) is 42.3 Å². The van der Waals surface area contributed by atoms with E-state index in [0.717, 1.165) is 23.4 Å². The summed E-state index contributed by atoms with van der Waals surface area (Å²) in [6.45, 7) is 2.06. The Morgan fingerprint density at radius 1 is 1.00 bits per heavy atom. The Hall–Kier alpha value is -4.20. The van der Waals surface area contributed by atoms with Crippen LogP contribution in [0.4, 0.5) is 27.7 Å². The molecule has 4 rings (SSSR count). The summed E-state index contributed by atoms with van der Waals surface area (Å²) in [5.41, 5.74) is 3.43. The lowest BCUT2D eigenvalue weighted by molar-refractivity contribution is 0.262. The monoisotopic (exact) mass is 399 g/mol. The minimum absolute atomic E-state index is 0.280. The smallest absolute Gasteiger partial charge is 0.323 e. The highest BCUT2D eigenvalue weighted by Crippen LogP contribution is 2.20. The molecule has 2 heterocycles. The van der Waals surface area contributed by atoms with Gasteiger partial charge in [-0.3, -0.25) is 4.57 Å². The molecule has 0 fully saturated rings. The van der Waals surface area contributed by atoms with E-state index >= 15 is 0 Å². The number of hydrogen-bond acceptors (Lipinski definition) is 5. The topological polar surface area (TPSA) is 96.8 Å². The van der Waals surface area contributed by atoms with Crippen LogP contribution < -0.4 is 16.0 Å². The van der Waals surface area contributed by atoms with E-state index in [1.54, 1.807) is 17.1 Å². The maximum Gasteiger partial charge on any atom is 0.323 e. The van der Waals surface area contributed by atoms with Crippen LogP contribution in [0.25, 0.3) is 5.82 Å². The van der Waals surface area contributed by atoms with Gasteiger partial charge >= 0.3 is 6.03 Å². The second-order valence-electron chi connectivity index (χ2n) is 6.52. The fraction of sp³-hybridized carbons (Fsp3) is 0.0909. The van der Waals surface area contributed by atoms with Crippen molar-refractivity contribution in [2.75, 3.05) is 16.0 Å². The van der Waals surface area contributed by atoms with Gasteiger partial charge in [0.1, 0.15) is 24.3 Å². The largest absolute Gasteiger partial charge is 0.340 e. The van der Waals surface area contributed by atoms with Crippen LogP contribution in [0.1, 0.15) is 12.5 Å². The van der Waals surface area contributed by atoms with Crippen molar-refractivity contribution in [2.24, 2.45) is 0 Å². The third-order valence-corrected chi connectivity index (χ3v) is 4.48. The molecule has 0 aliphatic carbocycles. The first-order valence-corrected chi connectivity index (χ1v) is 9.54. The number of amides is 2. The van der Waals surface area contributed by atoms with Crippen molar-refractivity contribution in [3.8, 4) is 5.82 Å². The highest BCUT2D eigenvalue weighted by Gasteiger charge is 2.06. The van der Waals surface area contributed by atoms with Gasteiger partial charge in [0.05, 0.1) is 0 Å². The molecule has 3 N–H and O–H groups in total. The van der Waals surface area contributed by atoms with E-state index in [4.69, 9.17) is 0 Å². The van der Waals surface area contributed by atoms with E-state index in [2.05, 4.69) is 37.8 Å². The molecule has 0 spiro atoms. The molecule has 2 aromatic heterocycles. The Kier molecular flexibility index (Phi) is 5.66. The average molecular weight is 399 g/mol. The van der Waals surface area contributed by atoms with Gasteiger partial charge in [0.15, 0.2) is 0 Å². The highest BCUT2D eigenvalue weighted by molar-refractivity contribution is 6.00. The number of benzene rings is 2. The number of imidazole rings is 1. The molecule has 2 aromatic carbocycles. The van der Waals surface area contributed by atoms with Crippen LogP contribution in [-0.2, 0) is 6.42 Å². The molecule has 0 saturated carbocycles. The zero-order valence-corrected chi connectivity index (χ0v) is 16.4. The molecule has 0 aliphatic heterocycles. The number of aromatic nitrogens is 4. The molecule has 0 saturated heterocycles. The van der Waals surface area contributed by atoms with Crippen molar-refractivity contribution in [3.05, 3.63) is 85.2 Å². The number of para-hydroxylation sites is 1. The lowest BCUT2D eigenvalue weighted by Crippen LogP contribution is -2.20. The van der Waals surface area contributed by atoms with Crippen LogP contribution in [0.15, 0.2) is 79.6 Å². The van der Waals surface area contributed by atoms with E-state index in [1.807, 2.05) is 60.8 Å². The number of carbonyl (C=O) groups excluding carboxylic acids is 1. The molecule has 30 heavy (non-hydrogen) atoms. The van der Waals surface area contributed by atoms with Crippen LogP contribution in [0.2, 0.25) is 0 Å². The number of aryl methyl sites for hydroxylation is 1. The number of hydrogen-bond donors (Lipinski definition) is 3. The van der Waals surface area contributed by atoms with Gasteiger partial charge in [-0.2, -0.15) is 0 Å². The fourth-order valence-electron chi connectivity index (χ4n) is 2.97. The van der Waals surface area contributed by atoms with Crippen LogP contribution in [0.3, 0.4) is 0 Å². The Bertz CT molecular complexity index is 1120. The summed E-state index contributed by atoms with van der Waals surface area (Å²) < 4.78 is 1.80. The second-order valence-corrected chi connectivity index (χ2v) is 6.52. The van der Waals surface area contributed by atoms with E-state index in [0.29, 0.717) is 17.3 Å². The van der Waals surface area contributed by atoms with E-state index in [9.17, 15) is 4.79 Å². The summed E-state index contributed by atoms with van der Waals surface area (Å²) in [6.07, 6.45) is 7.53. The Labute approximate surface area is 174 Å². The third kappa shape index (κ3) is 4.61. The quantitative estimate of drug-likeness (QED) is 0.440. The molecule has 150 valence electrons. The molecule has 4 aromatic rings. The zero-order chi connectivity index (χ0) is 20.8. The molecular weight excluding hydrogens is 378 g/mol. The first-order valence-electron chi connectivity index (χ1n) is 9.54. The maximum absolute atomic E-state index is 12.3. The average Bonchev–Trinajstić information content (AvgIpc) is 3.31. The van der Waals surface area contributed by atoms with Crippen LogP contribution in [-0.4, -0.2) is 25.6 Å². The lowest BCUT2D eigenvalue weighted by Gasteiger charge is -2.12. The Balaban J connectivity index is 1.38. The minimum Gasteiger partial charge on any atom is -0.340 e. The molecule has 0 radical (unpaired) electrons. The summed E-state index contributed by atoms with van der Waals surface area (Å²) in [5, 5.41) is 8.97. The van der Waals surface area contributed by atoms with Crippen molar-refractivity contribution in [2.45, 2.75) is 13.3 Å². The first-order chi connectivity index (χ1) is 14.7. The molecule has 2 amide bonds. The number of nitrogens with one attached hydrogen (secondary N) is 3. The van der Waals surface area contributed by atoms with Gasteiger partial charge in [0.2, 0.25) is 0 Å². The summed E-state index contributed by atoms with van der Waals surface area (Å²) in [5.74, 6) is 1.37. The number of rotatable bonds is 6.